The molecule has 2 saturated heterocycles. The van der Waals surface area contributed by atoms with E-state index < -0.39 is 5.91 Å². The van der Waals surface area contributed by atoms with Crippen molar-refractivity contribution in [2.75, 3.05) is 23.3 Å². The van der Waals surface area contributed by atoms with Crippen LogP contribution in [0.4, 0.5) is 17.3 Å². The lowest BCUT2D eigenvalue weighted by atomic mass is 9.96. The van der Waals surface area contributed by atoms with Crippen LogP contribution in [0.3, 0.4) is 0 Å². The topological polar surface area (TPSA) is 122 Å². The quantitative estimate of drug-likeness (QED) is 0.614. The van der Waals surface area contributed by atoms with E-state index >= 15 is 0 Å². The highest BCUT2D eigenvalue weighted by molar-refractivity contribution is 5.96. The zero-order chi connectivity index (χ0) is 22.9. The second kappa shape index (κ2) is 8.53. The molecule has 2 aliphatic rings. The van der Waals surface area contributed by atoms with Gasteiger partial charge in [0.2, 0.25) is 0 Å². The Hall–Kier alpha value is -3.95. The second-order valence-corrected chi connectivity index (χ2v) is 8.44. The number of anilines is 3. The molecule has 2 fully saturated rings. The van der Waals surface area contributed by atoms with Crippen LogP contribution in [-0.4, -0.2) is 61.6 Å². The van der Waals surface area contributed by atoms with Gasteiger partial charge in [0.15, 0.2) is 11.5 Å². The largest absolute Gasteiger partial charge is 0.364 e. The molecule has 0 aliphatic carbocycles. The highest BCUT2D eigenvalue weighted by atomic mass is 16.2. The summed E-state index contributed by atoms with van der Waals surface area (Å²) in [4.78, 5) is 38.3. The summed E-state index contributed by atoms with van der Waals surface area (Å²) in [5, 5.41) is 7.25. The molecule has 10 heteroatoms. The number of nitrogens with two attached hydrogens (primary N) is 1. The van der Waals surface area contributed by atoms with Crippen LogP contribution in [0.1, 0.15) is 40.1 Å². The SMILES string of the molecule is Cn1cc(Nc2nc(N3CCC[C@@H]4[C@H]3CCN4C(=O)c3ccccc3)cnc2C(N)=O)cn1. The van der Waals surface area contributed by atoms with Crippen molar-refractivity contribution in [2.45, 2.75) is 31.3 Å². The minimum Gasteiger partial charge on any atom is -0.364 e. The third kappa shape index (κ3) is 3.99. The summed E-state index contributed by atoms with van der Waals surface area (Å²) in [6.45, 7) is 1.51. The van der Waals surface area contributed by atoms with Gasteiger partial charge in [-0.25, -0.2) is 9.97 Å². The van der Waals surface area contributed by atoms with Crippen molar-refractivity contribution in [2.24, 2.45) is 12.8 Å². The Balaban J connectivity index is 1.41. The van der Waals surface area contributed by atoms with Gasteiger partial charge in [-0.1, -0.05) is 18.2 Å². The van der Waals surface area contributed by atoms with E-state index in [1.54, 1.807) is 30.3 Å². The van der Waals surface area contributed by atoms with E-state index in [-0.39, 0.29) is 23.7 Å². The van der Waals surface area contributed by atoms with E-state index in [1.807, 2.05) is 35.2 Å². The number of carbonyl (C=O) groups excluding carboxylic acids is 2. The summed E-state index contributed by atoms with van der Waals surface area (Å²) in [6.07, 6.45) is 7.75. The Labute approximate surface area is 191 Å². The number of rotatable bonds is 5. The fraction of sp³-hybridized carbons (Fsp3) is 0.348. The number of amides is 2. The molecule has 10 nitrogen and oxygen atoms in total. The van der Waals surface area contributed by atoms with Crippen LogP contribution >= 0.6 is 0 Å². The fourth-order valence-electron chi connectivity index (χ4n) is 4.88. The highest BCUT2D eigenvalue weighted by Crippen LogP contribution is 2.35. The van der Waals surface area contributed by atoms with E-state index in [4.69, 9.17) is 10.7 Å². The van der Waals surface area contributed by atoms with Gasteiger partial charge in [-0.2, -0.15) is 5.10 Å². The summed E-state index contributed by atoms with van der Waals surface area (Å²) in [6, 6.07) is 9.67. The first-order chi connectivity index (χ1) is 16.0. The summed E-state index contributed by atoms with van der Waals surface area (Å²) in [5.74, 6) is 0.372. The number of hydrogen-bond acceptors (Lipinski definition) is 7. The maximum atomic E-state index is 13.1. The smallest absolute Gasteiger partial charge is 0.271 e. The fourth-order valence-corrected chi connectivity index (χ4v) is 4.88. The monoisotopic (exact) mass is 446 g/mol. The van der Waals surface area contributed by atoms with E-state index in [2.05, 4.69) is 20.3 Å². The third-order valence-corrected chi connectivity index (χ3v) is 6.35. The summed E-state index contributed by atoms with van der Waals surface area (Å²) < 4.78 is 1.65. The van der Waals surface area contributed by atoms with Crippen LogP contribution in [0.5, 0.6) is 0 Å². The van der Waals surface area contributed by atoms with Gasteiger partial charge in [0.25, 0.3) is 11.8 Å². The molecule has 0 unspecified atom stereocenters. The number of aryl methyl sites for hydroxylation is 1. The molecule has 0 bridgehead atoms. The molecule has 3 N–H and O–H groups in total. The van der Waals surface area contributed by atoms with Gasteiger partial charge in [0.1, 0.15) is 5.82 Å². The number of hydrogen-bond donors (Lipinski definition) is 2. The summed E-state index contributed by atoms with van der Waals surface area (Å²) in [5.41, 5.74) is 7.00. The maximum Gasteiger partial charge on any atom is 0.271 e. The number of carbonyl (C=O) groups is 2. The van der Waals surface area contributed by atoms with Gasteiger partial charge >= 0.3 is 0 Å². The van der Waals surface area contributed by atoms with Crippen molar-refractivity contribution in [1.82, 2.24) is 24.6 Å². The lowest BCUT2D eigenvalue weighted by Crippen LogP contribution is -2.51. The average molecular weight is 447 g/mol. The Morgan fingerprint density at radius 3 is 2.64 bits per heavy atom. The van der Waals surface area contributed by atoms with E-state index in [9.17, 15) is 9.59 Å². The number of nitrogens with zero attached hydrogens (tertiary/aromatic N) is 6. The first-order valence-electron chi connectivity index (χ1n) is 11.1. The Morgan fingerprint density at radius 2 is 1.91 bits per heavy atom. The maximum absolute atomic E-state index is 13.1. The minimum atomic E-state index is -0.655. The number of piperidine rings is 1. The molecule has 170 valence electrons. The summed E-state index contributed by atoms with van der Waals surface area (Å²) in [7, 11) is 1.80. The van der Waals surface area contributed by atoms with Crippen LogP contribution < -0.4 is 16.0 Å². The van der Waals surface area contributed by atoms with Crippen molar-refractivity contribution in [1.29, 1.82) is 0 Å². The Kier molecular flexibility index (Phi) is 5.41. The van der Waals surface area contributed by atoms with E-state index in [1.165, 1.54) is 0 Å². The van der Waals surface area contributed by atoms with Crippen LogP contribution in [0.25, 0.3) is 0 Å². The molecule has 5 rings (SSSR count). The normalized spacial score (nSPS) is 19.9. The number of primary amides is 1. The molecule has 2 aliphatic heterocycles. The number of likely N-dealkylation sites (tertiary alicyclic amines) is 1. The number of nitrogens with one attached hydrogen (secondary N) is 1. The highest BCUT2D eigenvalue weighted by Gasteiger charge is 2.43. The lowest BCUT2D eigenvalue weighted by Gasteiger charge is -2.40. The molecule has 0 saturated carbocycles. The number of fused-ring (bicyclic) bond motifs is 1. The van der Waals surface area contributed by atoms with Crippen molar-refractivity contribution in [3.63, 3.8) is 0 Å². The molecular weight excluding hydrogens is 420 g/mol. The first-order valence-corrected chi connectivity index (χ1v) is 11.1. The minimum absolute atomic E-state index is 0.0686. The van der Waals surface area contributed by atoms with Crippen molar-refractivity contribution in [3.05, 3.63) is 60.2 Å². The zero-order valence-electron chi connectivity index (χ0n) is 18.4. The average Bonchev–Trinajstić information content (AvgIpc) is 3.44. The molecule has 4 heterocycles. The lowest BCUT2D eigenvalue weighted by molar-refractivity contribution is 0.0713. The second-order valence-electron chi connectivity index (χ2n) is 8.44. The molecule has 3 aromatic rings. The van der Waals surface area contributed by atoms with Crippen LogP contribution in [0.15, 0.2) is 48.9 Å². The number of benzene rings is 1. The van der Waals surface area contributed by atoms with E-state index in [0.29, 0.717) is 29.4 Å². The predicted octanol–water partition coefficient (Wildman–Crippen LogP) is 1.94. The van der Waals surface area contributed by atoms with Gasteiger partial charge in [-0.3, -0.25) is 14.3 Å². The third-order valence-electron chi connectivity index (χ3n) is 6.35. The molecule has 33 heavy (non-hydrogen) atoms. The van der Waals surface area contributed by atoms with Crippen molar-refractivity contribution in [3.8, 4) is 0 Å². The van der Waals surface area contributed by atoms with Crippen LogP contribution in [0.2, 0.25) is 0 Å². The number of aromatic nitrogens is 4. The van der Waals surface area contributed by atoms with Crippen molar-refractivity contribution < 1.29 is 9.59 Å². The van der Waals surface area contributed by atoms with E-state index in [0.717, 1.165) is 25.8 Å². The van der Waals surface area contributed by atoms with Gasteiger partial charge in [0, 0.05) is 31.9 Å². The Bertz CT molecular complexity index is 1180. The molecular formula is C23H26N8O2. The van der Waals surface area contributed by atoms with Gasteiger partial charge in [-0.05, 0) is 31.4 Å². The molecule has 0 spiro atoms. The molecule has 2 aromatic heterocycles. The van der Waals surface area contributed by atoms with Gasteiger partial charge < -0.3 is 20.9 Å². The van der Waals surface area contributed by atoms with Crippen LogP contribution in [-0.2, 0) is 7.05 Å². The molecule has 2 amide bonds. The zero-order valence-corrected chi connectivity index (χ0v) is 18.4. The standard InChI is InChI=1S/C23H26N8O2/c1-29-14-16(12-26-29)27-22-20(21(24)32)25-13-19(28-22)30-10-5-8-17-18(30)9-11-31(17)23(33)15-6-3-2-4-7-15/h2-4,6-7,12-14,17-18H,5,8-11H2,1H3,(H2,24,32)(H,27,28)/t17-,18-/m1/s1. The van der Waals surface area contributed by atoms with Gasteiger partial charge in [-0.15, -0.1) is 0 Å². The molecule has 1 aromatic carbocycles. The summed E-state index contributed by atoms with van der Waals surface area (Å²) >= 11 is 0. The van der Waals surface area contributed by atoms with Gasteiger partial charge in [0.05, 0.1) is 30.2 Å². The Morgan fingerprint density at radius 1 is 1.09 bits per heavy atom. The van der Waals surface area contributed by atoms with Crippen LogP contribution in [0, 0.1) is 0 Å². The molecule has 2 atom stereocenters. The predicted molar refractivity (Wildman–Crippen MR) is 123 cm³/mol. The molecule has 0 radical (unpaired) electrons. The first kappa shape index (κ1) is 20.9. The van der Waals surface area contributed by atoms with Crippen molar-refractivity contribution >= 4 is 29.1 Å².